The van der Waals surface area contributed by atoms with Gasteiger partial charge in [0.15, 0.2) is 0 Å². The number of carbonyl (C=O) groups excluding carboxylic acids is 3. The number of hydrogen-bond acceptors (Lipinski definition) is 7. The zero-order chi connectivity index (χ0) is 38.5. The highest BCUT2D eigenvalue weighted by Crippen LogP contribution is 2.35. The Morgan fingerprint density at radius 1 is 0.800 bits per heavy atom. The predicted molar refractivity (Wildman–Crippen MR) is 218 cm³/mol. The summed E-state index contributed by atoms with van der Waals surface area (Å²) < 4.78 is 4.90. The summed E-state index contributed by atoms with van der Waals surface area (Å²) in [7, 11) is 1.33. The van der Waals surface area contributed by atoms with Gasteiger partial charge in [-0.25, -0.2) is 0 Å². The number of carbonyl (C=O) groups is 3. The first-order chi connectivity index (χ1) is 26.7. The first-order valence-electron chi connectivity index (χ1n) is 18.7. The molecule has 0 bridgehead atoms. The molecule has 3 atom stereocenters. The molecule has 2 unspecified atom stereocenters. The van der Waals surface area contributed by atoms with Crippen molar-refractivity contribution in [3.05, 3.63) is 153 Å². The molecule has 5 aromatic carbocycles. The molecule has 6 N–H and O–H groups in total. The number of methoxy groups -OCH3 is 1. The number of nitrogens with one attached hydrogen (secondary N) is 4. The van der Waals surface area contributed by atoms with Gasteiger partial charge >= 0.3 is 5.97 Å². The number of aryl methyl sites for hydroxylation is 1. The molecule has 5 aromatic rings. The van der Waals surface area contributed by atoms with Crippen molar-refractivity contribution >= 4 is 40.8 Å². The van der Waals surface area contributed by atoms with E-state index in [-0.39, 0.29) is 24.3 Å². The molecular weight excluding hydrogens is 710 g/mol. The van der Waals surface area contributed by atoms with Gasteiger partial charge in [0.25, 0.3) is 0 Å². The van der Waals surface area contributed by atoms with Gasteiger partial charge in [0.1, 0.15) is 12.1 Å². The fourth-order valence-electron chi connectivity index (χ4n) is 7.90. The van der Waals surface area contributed by atoms with E-state index in [1.54, 1.807) is 18.2 Å². The Hall–Kier alpha value is -5.64. The Morgan fingerprint density at radius 2 is 1.47 bits per heavy atom. The van der Waals surface area contributed by atoms with E-state index in [1.165, 1.54) is 12.7 Å². The van der Waals surface area contributed by atoms with Crippen molar-refractivity contribution in [2.45, 2.75) is 63.7 Å². The van der Waals surface area contributed by atoms with Crippen LogP contribution in [0.15, 0.2) is 103 Å². The van der Waals surface area contributed by atoms with Gasteiger partial charge in [-0.1, -0.05) is 103 Å². The molecule has 0 aliphatic carbocycles. The van der Waals surface area contributed by atoms with Crippen molar-refractivity contribution in [3.8, 4) is 11.1 Å². The molecule has 9 nitrogen and oxygen atoms in total. The van der Waals surface area contributed by atoms with Crippen LogP contribution in [0.25, 0.3) is 11.1 Å². The van der Waals surface area contributed by atoms with Gasteiger partial charge in [0.05, 0.1) is 19.6 Å². The smallest absolute Gasteiger partial charge is 0.307 e. The topological polar surface area (TPSA) is 135 Å². The minimum Gasteiger partial charge on any atom is -0.469 e. The molecule has 55 heavy (non-hydrogen) atoms. The van der Waals surface area contributed by atoms with Crippen LogP contribution >= 0.6 is 11.6 Å². The van der Waals surface area contributed by atoms with Crippen LogP contribution in [0.3, 0.4) is 0 Å². The maximum absolute atomic E-state index is 13.6. The average Bonchev–Trinajstić information content (AvgIpc) is 3.84. The van der Waals surface area contributed by atoms with Gasteiger partial charge in [-0.3, -0.25) is 14.4 Å². The third kappa shape index (κ3) is 8.53. The minimum atomic E-state index is -0.583. The second kappa shape index (κ2) is 16.8. The van der Waals surface area contributed by atoms with Gasteiger partial charge in [0, 0.05) is 42.3 Å². The SMILES string of the molecule is COC(=O)C[C@@H](NC(=O)C1Cc2cc(Cc3cccc4c3NC(C(=O)NCCc3ccccc3-c3ccccc3CN)C4)cc(C)c2N1)c1cccc(Cl)c1. The fraction of sp³-hybridized carbons (Fsp3) is 0.267. The number of amides is 2. The Balaban J connectivity index is 0.979. The molecule has 2 amide bonds. The number of esters is 1. The van der Waals surface area contributed by atoms with Crippen molar-refractivity contribution in [1.29, 1.82) is 0 Å². The lowest BCUT2D eigenvalue weighted by Crippen LogP contribution is -2.41. The number of hydrogen-bond donors (Lipinski definition) is 5. The van der Waals surface area contributed by atoms with Gasteiger partial charge in [-0.05, 0) is 87.5 Å². The van der Waals surface area contributed by atoms with Crippen molar-refractivity contribution < 1.29 is 19.1 Å². The monoisotopic (exact) mass is 755 g/mol. The number of nitrogens with two attached hydrogens (primary N) is 1. The van der Waals surface area contributed by atoms with Crippen LogP contribution < -0.4 is 27.0 Å². The highest BCUT2D eigenvalue weighted by Gasteiger charge is 2.32. The van der Waals surface area contributed by atoms with Crippen molar-refractivity contribution in [3.63, 3.8) is 0 Å². The second-order valence-electron chi connectivity index (χ2n) is 14.3. The summed E-state index contributed by atoms with van der Waals surface area (Å²) in [6.07, 6.45) is 2.49. The van der Waals surface area contributed by atoms with Crippen LogP contribution in [0.1, 0.15) is 57.0 Å². The number of rotatable bonds is 13. The lowest BCUT2D eigenvalue weighted by molar-refractivity contribution is -0.141. The van der Waals surface area contributed by atoms with E-state index < -0.39 is 18.1 Å². The van der Waals surface area contributed by atoms with E-state index in [9.17, 15) is 14.4 Å². The summed E-state index contributed by atoms with van der Waals surface area (Å²) in [5.74, 6) is -0.651. The van der Waals surface area contributed by atoms with Crippen LogP contribution in [0, 0.1) is 6.92 Å². The van der Waals surface area contributed by atoms with Crippen LogP contribution in [-0.4, -0.2) is 43.5 Å². The van der Waals surface area contributed by atoms with Crippen LogP contribution in [0.4, 0.5) is 11.4 Å². The highest BCUT2D eigenvalue weighted by molar-refractivity contribution is 6.30. The Bertz CT molecular complexity index is 2240. The molecule has 0 aromatic heterocycles. The molecule has 0 saturated heterocycles. The molecule has 2 aliphatic rings. The van der Waals surface area contributed by atoms with E-state index >= 15 is 0 Å². The molecule has 0 fully saturated rings. The Kier molecular flexibility index (Phi) is 11.5. The molecule has 0 saturated carbocycles. The first kappa shape index (κ1) is 37.7. The first-order valence-corrected chi connectivity index (χ1v) is 19.1. The summed E-state index contributed by atoms with van der Waals surface area (Å²) in [6.45, 7) is 3.04. The van der Waals surface area contributed by atoms with Crippen LogP contribution in [-0.2, 0) is 51.3 Å². The van der Waals surface area contributed by atoms with Crippen molar-refractivity contribution in [1.82, 2.24) is 10.6 Å². The van der Waals surface area contributed by atoms with Crippen molar-refractivity contribution in [2.24, 2.45) is 5.73 Å². The zero-order valence-corrected chi connectivity index (χ0v) is 31.8. The number of fused-ring (bicyclic) bond motifs is 2. The van der Waals surface area contributed by atoms with Gasteiger partial charge in [0.2, 0.25) is 11.8 Å². The van der Waals surface area contributed by atoms with E-state index in [0.29, 0.717) is 43.8 Å². The van der Waals surface area contributed by atoms with E-state index in [1.807, 2.05) is 37.3 Å². The lowest BCUT2D eigenvalue weighted by Gasteiger charge is -2.21. The summed E-state index contributed by atoms with van der Waals surface area (Å²) in [5.41, 5.74) is 18.7. The number of ether oxygens (including phenoxy) is 1. The summed E-state index contributed by atoms with van der Waals surface area (Å²) >= 11 is 6.23. The molecule has 282 valence electrons. The summed E-state index contributed by atoms with van der Waals surface area (Å²) in [5, 5.41) is 13.7. The molecule has 10 heteroatoms. The van der Waals surface area contributed by atoms with E-state index in [0.717, 1.165) is 61.4 Å². The molecule has 7 rings (SSSR count). The highest BCUT2D eigenvalue weighted by atomic mass is 35.5. The van der Waals surface area contributed by atoms with Crippen LogP contribution in [0.5, 0.6) is 0 Å². The maximum Gasteiger partial charge on any atom is 0.307 e. The number of para-hydroxylation sites is 1. The standard InChI is InChI=1S/C45H46ClN5O4/c1-27-19-28(21-34-24-40(49-42(27)34)45(54)51-38(25-41(52)55-2)30-11-8-14-35(46)22-30)20-31-12-7-13-32-23-39(50-43(31)32)44(53)48-18-17-29-9-3-5-15-36(29)37-16-6-4-10-33(37)26-47/h3-16,19,21-22,38-40,49-50H,17-18,20,23-26,47H2,1-2H3,(H,48,53)(H,51,54)/t38-,39?,40?/m1/s1. The summed E-state index contributed by atoms with van der Waals surface area (Å²) in [6, 6.07) is 32.7. The van der Waals surface area contributed by atoms with Gasteiger partial charge in [-0.15, -0.1) is 0 Å². The van der Waals surface area contributed by atoms with Gasteiger partial charge < -0.3 is 31.7 Å². The lowest BCUT2D eigenvalue weighted by atomic mass is 9.94. The van der Waals surface area contributed by atoms with Crippen LogP contribution in [0.2, 0.25) is 5.02 Å². The second-order valence-corrected chi connectivity index (χ2v) is 14.8. The van der Waals surface area contributed by atoms with E-state index in [2.05, 4.69) is 75.9 Å². The maximum atomic E-state index is 13.6. The third-order valence-corrected chi connectivity index (χ3v) is 10.9. The number of benzene rings is 5. The predicted octanol–water partition coefficient (Wildman–Crippen LogP) is 6.82. The fourth-order valence-corrected chi connectivity index (χ4v) is 8.10. The molecule has 0 radical (unpaired) electrons. The van der Waals surface area contributed by atoms with Crippen molar-refractivity contribution in [2.75, 3.05) is 24.3 Å². The molecular formula is C45H46ClN5O4. The number of anilines is 2. The Morgan fingerprint density at radius 3 is 2.24 bits per heavy atom. The quantitative estimate of drug-likeness (QED) is 0.0834. The van der Waals surface area contributed by atoms with E-state index in [4.69, 9.17) is 22.1 Å². The molecule has 2 heterocycles. The number of halogens is 1. The summed E-state index contributed by atoms with van der Waals surface area (Å²) in [4.78, 5) is 39.3. The third-order valence-electron chi connectivity index (χ3n) is 10.6. The minimum absolute atomic E-state index is 0.0109. The molecule has 2 aliphatic heterocycles. The molecule has 0 spiro atoms. The zero-order valence-electron chi connectivity index (χ0n) is 31.1. The average molecular weight is 756 g/mol. The normalized spacial score (nSPS) is 15.9. The van der Waals surface area contributed by atoms with Gasteiger partial charge in [-0.2, -0.15) is 0 Å². The largest absolute Gasteiger partial charge is 0.469 e. The Labute approximate surface area is 327 Å².